The number of hydrogen-bond acceptors (Lipinski definition) is 8. The van der Waals surface area contributed by atoms with Gasteiger partial charge < -0.3 is 25.6 Å². The van der Waals surface area contributed by atoms with Gasteiger partial charge >= 0.3 is 18.2 Å². The zero-order valence-corrected chi connectivity index (χ0v) is 24.7. The van der Waals surface area contributed by atoms with Crippen LogP contribution in [0.15, 0.2) is 30.3 Å². The van der Waals surface area contributed by atoms with Crippen molar-refractivity contribution in [1.29, 1.82) is 0 Å². The fraction of sp³-hybridized carbons (Fsp3) is 0.345. The highest BCUT2D eigenvalue weighted by Gasteiger charge is 2.42. The number of likely N-dealkylation sites (N-methyl/N-ethyl adjacent to an activating group) is 1. The van der Waals surface area contributed by atoms with E-state index < -0.39 is 47.2 Å². The van der Waals surface area contributed by atoms with Crippen molar-refractivity contribution in [3.05, 3.63) is 58.7 Å². The number of rotatable bonds is 10. The summed E-state index contributed by atoms with van der Waals surface area (Å²) >= 11 is 0. The number of benzene rings is 2. The Labute approximate surface area is 254 Å². The number of carbonyl (C=O) groups is 3. The number of nitrogens with one attached hydrogen (secondary N) is 3. The number of fused-ring (bicyclic) bond motifs is 1. The quantitative estimate of drug-likeness (QED) is 0.167. The number of aromatic nitrogens is 2. The second-order valence-corrected chi connectivity index (χ2v) is 10.3. The molecule has 0 fully saturated rings. The van der Waals surface area contributed by atoms with Crippen LogP contribution < -0.4 is 25.6 Å². The van der Waals surface area contributed by atoms with Gasteiger partial charge in [-0.1, -0.05) is 19.1 Å². The SMILES string of the molecule is CCCNC(=O)c1ccc(-c2nc(NCCN(C)C)nc3c2CNC(=O)N3c2c(F)cccc2F)c(C)c1OC(=O)C(F)(F)F. The van der Waals surface area contributed by atoms with E-state index in [1.807, 2.05) is 19.0 Å². The second kappa shape index (κ2) is 13.4. The molecule has 0 radical (unpaired) electrons. The highest BCUT2D eigenvalue weighted by atomic mass is 19.4. The molecule has 0 bridgehead atoms. The highest BCUT2D eigenvalue weighted by Crippen LogP contribution is 2.41. The van der Waals surface area contributed by atoms with Gasteiger partial charge in [-0.25, -0.2) is 28.3 Å². The molecule has 16 heteroatoms. The lowest BCUT2D eigenvalue weighted by atomic mass is 9.96. The van der Waals surface area contributed by atoms with Crippen molar-refractivity contribution < 1.29 is 41.1 Å². The van der Waals surface area contributed by atoms with Gasteiger partial charge in [-0.15, -0.1) is 0 Å². The van der Waals surface area contributed by atoms with Gasteiger partial charge in [0.05, 0.1) is 17.8 Å². The summed E-state index contributed by atoms with van der Waals surface area (Å²) in [5.74, 6) is -6.36. The molecule has 1 aliphatic rings. The molecule has 0 atom stereocenters. The van der Waals surface area contributed by atoms with Crippen LogP contribution in [0.4, 0.5) is 44.2 Å². The molecule has 240 valence electrons. The van der Waals surface area contributed by atoms with E-state index >= 15 is 0 Å². The number of amides is 3. The van der Waals surface area contributed by atoms with Crippen molar-refractivity contribution in [2.75, 3.05) is 43.9 Å². The topological polar surface area (TPSA) is 129 Å². The number of hydrogen-bond donors (Lipinski definition) is 3. The van der Waals surface area contributed by atoms with Crippen molar-refractivity contribution in [2.24, 2.45) is 0 Å². The Kier molecular flexibility index (Phi) is 9.85. The minimum absolute atomic E-state index is 0.0384. The number of urea groups is 1. The van der Waals surface area contributed by atoms with Crippen LogP contribution in [-0.4, -0.2) is 72.7 Å². The van der Waals surface area contributed by atoms with Gasteiger partial charge in [0.1, 0.15) is 23.1 Å². The van der Waals surface area contributed by atoms with Crippen molar-refractivity contribution >= 4 is 35.4 Å². The van der Waals surface area contributed by atoms with Crippen LogP contribution in [0.1, 0.15) is 34.8 Å². The van der Waals surface area contributed by atoms with Gasteiger partial charge in [0.15, 0.2) is 5.82 Å². The molecule has 0 spiro atoms. The summed E-state index contributed by atoms with van der Waals surface area (Å²) in [5, 5.41) is 8.04. The predicted molar refractivity (Wildman–Crippen MR) is 154 cm³/mol. The third-order valence-corrected chi connectivity index (χ3v) is 6.69. The van der Waals surface area contributed by atoms with Gasteiger partial charge in [-0.2, -0.15) is 18.2 Å². The third-order valence-electron chi connectivity index (χ3n) is 6.69. The van der Waals surface area contributed by atoms with Gasteiger partial charge in [-0.05, 0) is 45.6 Å². The molecule has 1 aliphatic heterocycles. The lowest BCUT2D eigenvalue weighted by molar-refractivity contribution is -0.189. The number of alkyl halides is 3. The van der Waals surface area contributed by atoms with Crippen LogP contribution in [0.3, 0.4) is 0 Å². The first-order valence-electron chi connectivity index (χ1n) is 13.8. The maximum atomic E-state index is 15.0. The monoisotopic (exact) mass is 635 g/mol. The fourth-order valence-corrected chi connectivity index (χ4v) is 4.51. The van der Waals surface area contributed by atoms with Crippen LogP contribution in [0.2, 0.25) is 0 Å². The lowest BCUT2D eigenvalue weighted by Crippen LogP contribution is -2.43. The Morgan fingerprint density at radius 3 is 2.40 bits per heavy atom. The van der Waals surface area contributed by atoms with E-state index in [0.717, 1.165) is 18.2 Å². The second-order valence-electron chi connectivity index (χ2n) is 10.3. The van der Waals surface area contributed by atoms with Crippen molar-refractivity contribution in [3.63, 3.8) is 0 Å². The number of ether oxygens (including phenoxy) is 1. The zero-order chi connectivity index (χ0) is 33.1. The summed E-state index contributed by atoms with van der Waals surface area (Å²) in [7, 11) is 3.64. The van der Waals surface area contributed by atoms with E-state index in [0.29, 0.717) is 24.4 Å². The highest BCUT2D eigenvalue weighted by molar-refractivity contribution is 6.03. The largest absolute Gasteiger partial charge is 0.491 e. The van der Waals surface area contributed by atoms with E-state index in [4.69, 9.17) is 4.74 Å². The van der Waals surface area contributed by atoms with Crippen LogP contribution in [0.5, 0.6) is 5.75 Å². The van der Waals surface area contributed by atoms with E-state index in [-0.39, 0.29) is 52.8 Å². The van der Waals surface area contributed by atoms with E-state index in [1.54, 1.807) is 6.92 Å². The summed E-state index contributed by atoms with van der Waals surface area (Å²) in [6.07, 6.45) is -4.84. The van der Waals surface area contributed by atoms with Crippen LogP contribution in [0.25, 0.3) is 11.3 Å². The molecular formula is C29H30F5N7O4. The Morgan fingerprint density at radius 1 is 1.09 bits per heavy atom. The molecule has 2 aromatic carbocycles. The smallest absolute Gasteiger partial charge is 0.419 e. The molecular weight excluding hydrogens is 605 g/mol. The first-order chi connectivity index (χ1) is 21.2. The van der Waals surface area contributed by atoms with Crippen molar-refractivity contribution in [2.45, 2.75) is 33.0 Å². The molecule has 45 heavy (non-hydrogen) atoms. The Morgan fingerprint density at radius 2 is 1.78 bits per heavy atom. The molecule has 4 rings (SSSR count). The maximum absolute atomic E-state index is 15.0. The summed E-state index contributed by atoms with van der Waals surface area (Å²) in [5.41, 5.74) is -0.827. The fourth-order valence-electron chi connectivity index (χ4n) is 4.51. The number of esters is 1. The van der Waals surface area contributed by atoms with E-state index in [2.05, 4.69) is 25.9 Å². The van der Waals surface area contributed by atoms with Crippen LogP contribution >= 0.6 is 0 Å². The Hall–Kier alpha value is -4.86. The first-order valence-corrected chi connectivity index (χ1v) is 13.8. The first kappa shape index (κ1) is 33.0. The van der Waals surface area contributed by atoms with E-state index in [1.165, 1.54) is 19.1 Å². The van der Waals surface area contributed by atoms with Gasteiger partial charge in [-0.3, -0.25) is 4.79 Å². The molecule has 11 nitrogen and oxygen atoms in total. The summed E-state index contributed by atoms with van der Waals surface area (Å²) in [6.45, 7) is 3.89. The third kappa shape index (κ3) is 7.11. The lowest BCUT2D eigenvalue weighted by Gasteiger charge is -2.31. The maximum Gasteiger partial charge on any atom is 0.491 e. The molecule has 0 unspecified atom stereocenters. The average molecular weight is 636 g/mol. The zero-order valence-electron chi connectivity index (χ0n) is 24.7. The average Bonchev–Trinajstić information content (AvgIpc) is 2.96. The molecule has 2 heterocycles. The van der Waals surface area contributed by atoms with Crippen LogP contribution in [-0.2, 0) is 11.3 Å². The Balaban J connectivity index is 1.97. The molecule has 1 aromatic heterocycles. The number of nitrogens with zero attached hydrogens (tertiary/aromatic N) is 4. The van der Waals surface area contributed by atoms with Crippen LogP contribution in [0, 0.1) is 18.6 Å². The molecule has 3 amide bonds. The van der Waals surface area contributed by atoms with Gasteiger partial charge in [0, 0.05) is 36.3 Å². The summed E-state index contributed by atoms with van der Waals surface area (Å²) < 4.78 is 74.5. The van der Waals surface area contributed by atoms with Crippen molar-refractivity contribution in [3.8, 4) is 17.0 Å². The predicted octanol–water partition coefficient (Wildman–Crippen LogP) is 4.67. The van der Waals surface area contributed by atoms with Gasteiger partial charge in [0.2, 0.25) is 5.95 Å². The normalized spacial score (nSPS) is 12.9. The molecule has 3 aromatic rings. The molecule has 0 saturated heterocycles. The minimum atomic E-state index is -5.37. The number of para-hydroxylation sites is 1. The molecule has 0 aliphatic carbocycles. The number of carbonyl (C=O) groups excluding carboxylic acids is 3. The van der Waals surface area contributed by atoms with Gasteiger partial charge in [0.25, 0.3) is 5.91 Å². The summed E-state index contributed by atoms with van der Waals surface area (Å²) in [6, 6.07) is 4.72. The molecule has 0 saturated carbocycles. The van der Waals surface area contributed by atoms with Crippen molar-refractivity contribution in [1.82, 2.24) is 25.5 Å². The number of halogens is 5. The Bertz CT molecular complexity index is 1610. The molecule has 3 N–H and O–H groups in total. The standard InChI is InChI=1S/C29H30F5N7O4/c1-5-11-35-25(42)17-10-9-16(15(2)23(17)45-26(43)29(32,33)34)21-18-14-37-28(44)41(22-19(30)7-6-8-20(22)31)24(18)39-27(38-21)36-12-13-40(3)4/h6-10H,5,11-14H2,1-4H3,(H,35,42)(H,37,44)(H,36,38,39). The summed E-state index contributed by atoms with van der Waals surface area (Å²) in [4.78, 5) is 49.3. The minimum Gasteiger partial charge on any atom is -0.419 e. The number of anilines is 3. The van der Waals surface area contributed by atoms with E-state index in [9.17, 15) is 36.3 Å².